The summed E-state index contributed by atoms with van der Waals surface area (Å²) in [7, 11) is 0. The minimum atomic E-state index is -0.771. The summed E-state index contributed by atoms with van der Waals surface area (Å²) in [5.74, 6) is 0. The topological polar surface area (TPSA) is 20.3 Å². The lowest BCUT2D eigenvalue weighted by molar-refractivity contribution is -0.115. The van der Waals surface area contributed by atoms with E-state index in [1.165, 1.54) is 12.8 Å². The van der Waals surface area contributed by atoms with E-state index in [9.17, 15) is 4.79 Å². The highest BCUT2D eigenvalue weighted by Crippen LogP contribution is 2.36. The number of halogens is 2. The normalized spacial score (nSPS) is 28.8. The third-order valence-electron chi connectivity index (χ3n) is 3.01. The van der Waals surface area contributed by atoms with Crippen LogP contribution in [0.3, 0.4) is 0 Å². The Labute approximate surface area is 88.2 Å². The molecule has 2 nitrogen and oxygen atoms in total. The summed E-state index contributed by atoms with van der Waals surface area (Å²) in [6, 6.07) is 0.770. The summed E-state index contributed by atoms with van der Waals surface area (Å²) in [4.78, 5) is 12.7. The van der Waals surface area contributed by atoms with Crippen molar-refractivity contribution in [2.75, 3.05) is 13.1 Å². The van der Waals surface area contributed by atoms with E-state index in [-0.39, 0.29) is 5.24 Å². The number of hydrogen-bond donors (Lipinski definition) is 0. The van der Waals surface area contributed by atoms with E-state index in [2.05, 4.69) is 4.90 Å². The van der Waals surface area contributed by atoms with Crippen molar-refractivity contribution < 1.29 is 4.79 Å². The second-order valence-corrected chi connectivity index (χ2v) is 5.07. The molecule has 1 aliphatic carbocycles. The lowest BCUT2D eigenvalue weighted by Crippen LogP contribution is -2.45. The summed E-state index contributed by atoms with van der Waals surface area (Å²) in [6.07, 6.45) is 4.02. The van der Waals surface area contributed by atoms with Crippen LogP contribution in [0, 0.1) is 0 Å². The Morgan fingerprint density at radius 3 is 2.23 bits per heavy atom. The van der Waals surface area contributed by atoms with E-state index in [4.69, 9.17) is 23.2 Å². The maximum absolute atomic E-state index is 11.0. The monoisotopic (exact) mass is 221 g/mol. The van der Waals surface area contributed by atoms with E-state index >= 15 is 0 Å². The van der Waals surface area contributed by atoms with Crippen LogP contribution in [0.5, 0.6) is 0 Å². The number of rotatable bonds is 2. The zero-order valence-corrected chi connectivity index (χ0v) is 8.94. The molecule has 0 unspecified atom stereocenters. The van der Waals surface area contributed by atoms with Crippen LogP contribution in [0.4, 0.5) is 0 Å². The van der Waals surface area contributed by atoms with Crippen LogP contribution in [0.1, 0.15) is 25.7 Å². The molecule has 0 aromatic carbocycles. The van der Waals surface area contributed by atoms with Crippen molar-refractivity contribution in [1.82, 2.24) is 4.90 Å². The zero-order valence-electron chi connectivity index (χ0n) is 7.43. The van der Waals surface area contributed by atoms with Crippen molar-refractivity contribution >= 4 is 28.4 Å². The number of carbonyl (C=O) groups excluding carboxylic acids is 1. The summed E-state index contributed by atoms with van der Waals surface area (Å²) >= 11 is 11.5. The van der Waals surface area contributed by atoms with Crippen LogP contribution in [0.15, 0.2) is 0 Å². The van der Waals surface area contributed by atoms with Gasteiger partial charge in [0.25, 0.3) is 0 Å². The van der Waals surface area contributed by atoms with Crippen molar-refractivity contribution in [2.24, 2.45) is 0 Å². The van der Waals surface area contributed by atoms with Crippen molar-refractivity contribution in [3.8, 4) is 0 Å². The molecular formula is C9H13Cl2NO. The fourth-order valence-corrected chi connectivity index (χ4v) is 2.24. The first-order chi connectivity index (χ1) is 6.12. The average molecular weight is 222 g/mol. The van der Waals surface area contributed by atoms with Gasteiger partial charge in [-0.05, 0) is 37.3 Å². The highest BCUT2D eigenvalue weighted by atomic mass is 35.5. The Hall–Kier alpha value is 0.210. The van der Waals surface area contributed by atoms with Crippen LogP contribution < -0.4 is 0 Å². The quantitative estimate of drug-likeness (QED) is 0.526. The lowest BCUT2D eigenvalue weighted by atomic mass is 9.97. The smallest absolute Gasteiger partial charge is 0.242 e. The highest BCUT2D eigenvalue weighted by Gasteiger charge is 2.41. The van der Waals surface area contributed by atoms with E-state index in [0.29, 0.717) is 12.8 Å². The largest absolute Gasteiger partial charge is 0.300 e. The maximum Gasteiger partial charge on any atom is 0.242 e. The second-order valence-electron chi connectivity index (χ2n) is 4.01. The molecule has 0 bridgehead atoms. The number of nitrogens with zero attached hydrogens (tertiary/aromatic N) is 1. The van der Waals surface area contributed by atoms with E-state index in [0.717, 1.165) is 19.1 Å². The molecule has 13 heavy (non-hydrogen) atoms. The molecule has 0 aromatic heterocycles. The van der Waals surface area contributed by atoms with Gasteiger partial charge in [0.05, 0.1) is 0 Å². The van der Waals surface area contributed by atoms with Crippen LogP contribution in [-0.4, -0.2) is 34.1 Å². The molecule has 2 rings (SSSR count). The molecule has 1 heterocycles. The molecule has 1 aliphatic heterocycles. The van der Waals surface area contributed by atoms with E-state index < -0.39 is 4.87 Å². The Morgan fingerprint density at radius 2 is 1.85 bits per heavy atom. The van der Waals surface area contributed by atoms with Crippen LogP contribution in [-0.2, 0) is 4.79 Å². The first-order valence-electron chi connectivity index (χ1n) is 4.75. The van der Waals surface area contributed by atoms with Crippen LogP contribution >= 0.6 is 23.2 Å². The molecule has 0 radical (unpaired) electrons. The van der Waals surface area contributed by atoms with Gasteiger partial charge in [0.15, 0.2) is 0 Å². The van der Waals surface area contributed by atoms with Crippen LogP contribution in [0.2, 0.25) is 0 Å². The summed E-state index contributed by atoms with van der Waals surface area (Å²) in [6.45, 7) is 1.85. The number of likely N-dealkylation sites (tertiary alicyclic amines) is 1. The first kappa shape index (κ1) is 9.75. The van der Waals surface area contributed by atoms with Crippen molar-refractivity contribution in [2.45, 2.75) is 36.6 Å². The fraction of sp³-hybridized carbons (Fsp3) is 0.889. The van der Waals surface area contributed by atoms with Gasteiger partial charge in [0, 0.05) is 19.1 Å². The Kier molecular flexibility index (Phi) is 2.56. The van der Waals surface area contributed by atoms with Crippen LogP contribution in [0.25, 0.3) is 0 Å². The van der Waals surface area contributed by atoms with Gasteiger partial charge in [-0.3, -0.25) is 4.79 Å². The molecule has 0 N–H and O–H groups in total. The Morgan fingerprint density at radius 1 is 1.31 bits per heavy atom. The number of hydrogen-bond acceptors (Lipinski definition) is 2. The number of piperidine rings is 1. The minimum Gasteiger partial charge on any atom is -0.300 e. The second kappa shape index (κ2) is 3.41. The van der Waals surface area contributed by atoms with Gasteiger partial charge in [-0.15, -0.1) is 11.6 Å². The standard InChI is InChI=1S/C9H13Cl2NO/c10-8(13)9(11)3-5-12(6-4-9)7-1-2-7/h7H,1-6H2. The molecular weight excluding hydrogens is 209 g/mol. The fourth-order valence-electron chi connectivity index (χ4n) is 1.88. The third kappa shape index (κ3) is 2.00. The van der Waals surface area contributed by atoms with Gasteiger partial charge in [-0.25, -0.2) is 0 Å². The number of alkyl halides is 1. The average Bonchev–Trinajstić information content (AvgIpc) is 2.88. The van der Waals surface area contributed by atoms with Gasteiger partial charge >= 0.3 is 0 Å². The van der Waals surface area contributed by atoms with E-state index in [1.54, 1.807) is 0 Å². The third-order valence-corrected chi connectivity index (χ3v) is 4.01. The maximum atomic E-state index is 11.0. The van der Waals surface area contributed by atoms with E-state index in [1.807, 2.05) is 0 Å². The van der Waals surface area contributed by atoms with Gasteiger partial charge in [0.1, 0.15) is 4.87 Å². The van der Waals surface area contributed by atoms with Gasteiger partial charge < -0.3 is 4.90 Å². The molecule has 0 aromatic rings. The molecule has 1 saturated carbocycles. The van der Waals surface area contributed by atoms with Crippen molar-refractivity contribution in [3.05, 3.63) is 0 Å². The van der Waals surface area contributed by atoms with Crippen molar-refractivity contribution in [1.29, 1.82) is 0 Å². The number of carbonyl (C=O) groups is 1. The van der Waals surface area contributed by atoms with Gasteiger partial charge in [-0.2, -0.15) is 0 Å². The molecule has 74 valence electrons. The Bertz CT molecular complexity index is 220. The molecule has 2 aliphatic rings. The molecule has 0 amide bonds. The lowest BCUT2D eigenvalue weighted by Gasteiger charge is -2.35. The minimum absolute atomic E-state index is 0.385. The zero-order chi connectivity index (χ0) is 9.47. The van der Waals surface area contributed by atoms with Crippen molar-refractivity contribution in [3.63, 3.8) is 0 Å². The first-order valence-corrected chi connectivity index (χ1v) is 5.50. The molecule has 4 heteroatoms. The van der Waals surface area contributed by atoms with Gasteiger partial charge in [0.2, 0.25) is 5.24 Å². The summed E-state index contributed by atoms with van der Waals surface area (Å²) < 4.78 is 0. The van der Waals surface area contributed by atoms with Gasteiger partial charge in [-0.1, -0.05) is 0 Å². The molecule has 0 spiro atoms. The molecule has 0 atom stereocenters. The summed E-state index contributed by atoms with van der Waals surface area (Å²) in [5.41, 5.74) is 0. The molecule has 1 saturated heterocycles. The predicted molar refractivity (Wildman–Crippen MR) is 53.3 cm³/mol. The Balaban J connectivity index is 1.90. The highest BCUT2D eigenvalue weighted by molar-refractivity contribution is 6.70. The predicted octanol–water partition coefficient (Wildman–Crippen LogP) is 1.99. The molecule has 2 fully saturated rings. The SMILES string of the molecule is O=C(Cl)C1(Cl)CCN(C2CC2)CC1. The summed E-state index contributed by atoms with van der Waals surface area (Å²) in [5, 5.41) is -0.385.